The third kappa shape index (κ3) is 4.34. The van der Waals surface area contributed by atoms with Crippen LogP contribution in [0.15, 0.2) is 24.3 Å². The first-order valence-corrected chi connectivity index (χ1v) is 4.76. The maximum atomic E-state index is 12.8. The van der Waals surface area contributed by atoms with Crippen LogP contribution in [0.5, 0.6) is 0 Å². The van der Waals surface area contributed by atoms with Crippen LogP contribution in [-0.4, -0.2) is 25.0 Å². The van der Waals surface area contributed by atoms with Crippen molar-refractivity contribution in [1.29, 1.82) is 0 Å². The van der Waals surface area contributed by atoms with E-state index in [-0.39, 0.29) is 12.1 Å². The van der Waals surface area contributed by atoms with Gasteiger partial charge in [-0.25, -0.2) is 9.18 Å². The zero-order valence-electron chi connectivity index (χ0n) is 8.90. The van der Waals surface area contributed by atoms with E-state index in [1.165, 1.54) is 18.2 Å². The molecular formula is C12H10FNO3. The fourth-order valence-electron chi connectivity index (χ4n) is 1.03. The van der Waals surface area contributed by atoms with Crippen LogP contribution in [0.3, 0.4) is 0 Å². The van der Waals surface area contributed by atoms with Crippen LogP contribution in [0.2, 0.25) is 0 Å². The van der Waals surface area contributed by atoms with Gasteiger partial charge in [0.1, 0.15) is 5.82 Å². The lowest BCUT2D eigenvalue weighted by molar-refractivity contribution is -0.123. The van der Waals surface area contributed by atoms with E-state index in [1.54, 1.807) is 0 Å². The topological polar surface area (TPSA) is 55.4 Å². The normalized spacial score (nSPS) is 9.18. The first-order chi connectivity index (χ1) is 8.13. The molecule has 0 aromatic heterocycles. The Bertz CT molecular complexity index is 465. The number of amides is 1. The third-order valence-electron chi connectivity index (χ3n) is 1.78. The van der Waals surface area contributed by atoms with Crippen molar-refractivity contribution in [3.05, 3.63) is 35.6 Å². The van der Waals surface area contributed by atoms with Crippen molar-refractivity contribution in [1.82, 2.24) is 5.32 Å². The standard InChI is InChI=1S/C12H10FNO3/c1-2-6-14-11(15)8-17-12(16)9-4-3-5-10(13)7-9/h1,3-5,7H,6,8H2,(H,14,15). The molecule has 0 saturated heterocycles. The Kier molecular flexibility index (Phi) is 4.70. The summed E-state index contributed by atoms with van der Waals surface area (Å²) in [6.45, 7) is -0.382. The van der Waals surface area contributed by atoms with Crippen LogP contribution < -0.4 is 5.32 Å². The number of benzene rings is 1. The van der Waals surface area contributed by atoms with Crippen molar-refractivity contribution in [2.75, 3.05) is 13.2 Å². The Labute approximate surface area is 97.8 Å². The molecule has 0 atom stereocenters. The van der Waals surface area contributed by atoms with Crippen molar-refractivity contribution >= 4 is 11.9 Å². The van der Waals surface area contributed by atoms with Gasteiger partial charge in [-0.1, -0.05) is 12.0 Å². The number of halogens is 1. The van der Waals surface area contributed by atoms with Gasteiger partial charge in [0.05, 0.1) is 12.1 Å². The molecule has 0 unspecified atom stereocenters. The summed E-state index contributed by atoms with van der Waals surface area (Å²) in [6.07, 6.45) is 4.93. The van der Waals surface area contributed by atoms with E-state index in [9.17, 15) is 14.0 Å². The first kappa shape index (κ1) is 12.7. The maximum absolute atomic E-state index is 12.8. The van der Waals surface area contributed by atoms with Gasteiger partial charge in [-0.2, -0.15) is 0 Å². The second-order valence-corrected chi connectivity index (χ2v) is 3.07. The van der Waals surface area contributed by atoms with Crippen LogP contribution in [-0.2, 0) is 9.53 Å². The predicted octanol–water partition coefficient (Wildman–Crippen LogP) is 0.732. The summed E-state index contributed by atoms with van der Waals surface area (Å²) in [7, 11) is 0. The number of hydrogen-bond acceptors (Lipinski definition) is 3. The summed E-state index contributed by atoms with van der Waals surface area (Å²) in [6, 6.07) is 5.01. The largest absolute Gasteiger partial charge is 0.452 e. The number of nitrogens with one attached hydrogen (secondary N) is 1. The molecule has 88 valence electrons. The molecule has 0 saturated carbocycles. The Morgan fingerprint density at radius 3 is 2.88 bits per heavy atom. The molecule has 17 heavy (non-hydrogen) atoms. The van der Waals surface area contributed by atoms with Crippen LogP contribution in [0.25, 0.3) is 0 Å². The number of carbonyl (C=O) groups is 2. The molecular weight excluding hydrogens is 225 g/mol. The van der Waals surface area contributed by atoms with E-state index in [1.807, 2.05) is 0 Å². The van der Waals surface area contributed by atoms with Gasteiger partial charge >= 0.3 is 5.97 Å². The minimum absolute atomic E-state index is 0.0507. The van der Waals surface area contributed by atoms with Gasteiger partial charge in [-0.15, -0.1) is 6.42 Å². The molecule has 1 aromatic rings. The highest BCUT2D eigenvalue weighted by Gasteiger charge is 2.10. The van der Waals surface area contributed by atoms with E-state index >= 15 is 0 Å². The molecule has 1 aromatic carbocycles. The monoisotopic (exact) mass is 235 g/mol. The molecule has 4 nitrogen and oxygen atoms in total. The SMILES string of the molecule is C#CCNC(=O)COC(=O)c1cccc(F)c1. The fourth-order valence-corrected chi connectivity index (χ4v) is 1.03. The van der Waals surface area contributed by atoms with Crippen LogP contribution in [0.4, 0.5) is 4.39 Å². The molecule has 5 heteroatoms. The number of hydrogen-bond donors (Lipinski definition) is 1. The fraction of sp³-hybridized carbons (Fsp3) is 0.167. The third-order valence-corrected chi connectivity index (χ3v) is 1.78. The summed E-state index contributed by atoms with van der Waals surface area (Å²) in [5.41, 5.74) is 0.0507. The Balaban J connectivity index is 2.45. The second kappa shape index (κ2) is 6.28. The summed E-state index contributed by atoms with van der Waals surface area (Å²) in [4.78, 5) is 22.4. The quantitative estimate of drug-likeness (QED) is 0.618. The number of esters is 1. The van der Waals surface area contributed by atoms with E-state index in [4.69, 9.17) is 6.42 Å². The molecule has 1 amide bonds. The van der Waals surface area contributed by atoms with E-state index < -0.39 is 24.3 Å². The van der Waals surface area contributed by atoms with Gasteiger partial charge in [0.15, 0.2) is 6.61 Å². The average molecular weight is 235 g/mol. The number of ether oxygens (including phenoxy) is 1. The summed E-state index contributed by atoms with van der Waals surface area (Å²) >= 11 is 0. The van der Waals surface area contributed by atoms with E-state index in [2.05, 4.69) is 16.0 Å². The highest BCUT2D eigenvalue weighted by molar-refractivity contribution is 5.91. The minimum atomic E-state index is -0.764. The zero-order valence-corrected chi connectivity index (χ0v) is 8.90. The second-order valence-electron chi connectivity index (χ2n) is 3.07. The zero-order chi connectivity index (χ0) is 12.7. The van der Waals surface area contributed by atoms with Gasteiger partial charge in [0.2, 0.25) is 0 Å². The molecule has 1 N–H and O–H groups in total. The molecule has 0 aliphatic rings. The first-order valence-electron chi connectivity index (χ1n) is 4.76. The molecule has 0 bridgehead atoms. The summed E-state index contributed by atoms with van der Waals surface area (Å²) in [5, 5.41) is 2.32. The molecule has 0 aliphatic heterocycles. The Morgan fingerprint density at radius 1 is 1.47 bits per heavy atom. The number of terminal acetylenes is 1. The molecule has 0 fully saturated rings. The van der Waals surface area contributed by atoms with Gasteiger partial charge in [0.25, 0.3) is 5.91 Å². The number of carbonyl (C=O) groups excluding carboxylic acids is 2. The maximum Gasteiger partial charge on any atom is 0.338 e. The lowest BCUT2D eigenvalue weighted by Crippen LogP contribution is -2.29. The van der Waals surface area contributed by atoms with Crippen LogP contribution in [0.1, 0.15) is 10.4 Å². The van der Waals surface area contributed by atoms with Crippen molar-refractivity contribution in [2.45, 2.75) is 0 Å². The highest BCUT2D eigenvalue weighted by Crippen LogP contribution is 2.04. The molecule has 0 radical (unpaired) electrons. The Morgan fingerprint density at radius 2 is 2.24 bits per heavy atom. The van der Waals surface area contributed by atoms with Crippen molar-refractivity contribution in [3.8, 4) is 12.3 Å². The summed E-state index contributed by atoms with van der Waals surface area (Å²) < 4.78 is 17.4. The molecule has 0 spiro atoms. The van der Waals surface area contributed by atoms with Gasteiger partial charge in [-0.05, 0) is 18.2 Å². The van der Waals surface area contributed by atoms with E-state index in [0.717, 1.165) is 6.07 Å². The van der Waals surface area contributed by atoms with Crippen molar-refractivity contribution in [2.24, 2.45) is 0 Å². The van der Waals surface area contributed by atoms with Gasteiger partial charge < -0.3 is 10.1 Å². The van der Waals surface area contributed by atoms with Gasteiger partial charge in [-0.3, -0.25) is 4.79 Å². The molecule has 1 rings (SSSR count). The van der Waals surface area contributed by atoms with E-state index in [0.29, 0.717) is 0 Å². The van der Waals surface area contributed by atoms with Crippen LogP contribution in [0, 0.1) is 18.2 Å². The molecule has 0 heterocycles. The van der Waals surface area contributed by atoms with Crippen LogP contribution >= 0.6 is 0 Å². The molecule has 0 aliphatic carbocycles. The lowest BCUT2D eigenvalue weighted by Gasteiger charge is -2.04. The van der Waals surface area contributed by atoms with Crippen molar-refractivity contribution < 1.29 is 18.7 Å². The highest BCUT2D eigenvalue weighted by atomic mass is 19.1. The lowest BCUT2D eigenvalue weighted by atomic mass is 10.2. The summed E-state index contributed by atoms with van der Waals surface area (Å²) in [5.74, 6) is 0.388. The smallest absolute Gasteiger partial charge is 0.338 e. The van der Waals surface area contributed by atoms with Crippen molar-refractivity contribution in [3.63, 3.8) is 0 Å². The number of rotatable bonds is 4. The minimum Gasteiger partial charge on any atom is -0.452 e. The van der Waals surface area contributed by atoms with Gasteiger partial charge in [0, 0.05) is 0 Å². The predicted molar refractivity (Wildman–Crippen MR) is 58.5 cm³/mol. The Hall–Kier alpha value is -2.35. The average Bonchev–Trinajstić information content (AvgIpc) is 2.33.